The molecule has 0 bridgehead atoms. The summed E-state index contributed by atoms with van der Waals surface area (Å²) in [6.07, 6.45) is 0.130. The summed E-state index contributed by atoms with van der Waals surface area (Å²) < 4.78 is 6.15. The molecule has 1 aromatic heterocycles. The molecule has 6 aromatic rings. The van der Waals surface area contributed by atoms with Gasteiger partial charge in [0.15, 0.2) is 16.9 Å². The van der Waals surface area contributed by atoms with Crippen molar-refractivity contribution in [2.75, 3.05) is 5.73 Å². The molecule has 290 valence electrons. The molecule has 2 aliphatic rings. The normalized spacial score (nSPS) is 16.7. The fourth-order valence-electron chi connectivity index (χ4n) is 7.61. The van der Waals surface area contributed by atoms with Gasteiger partial charge in [0, 0.05) is 26.5 Å². The lowest BCUT2D eigenvalue weighted by Crippen LogP contribution is -2.72. The van der Waals surface area contributed by atoms with Crippen LogP contribution in [0.5, 0.6) is 0 Å². The van der Waals surface area contributed by atoms with Crippen LogP contribution in [0.3, 0.4) is 0 Å². The van der Waals surface area contributed by atoms with Crippen LogP contribution in [0.25, 0.3) is 0 Å². The summed E-state index contributed by atoms with van der Waals surface area (Å²) in [5.41, 5.74) is 8.85. The van der Waals surface area contributed by atoms with Crippen LogP contribution < -0.4 is 11.1 Å². The van der Waals surface area contributed by atoms with Crippen LogP contribution in [0.15, 0.2) is 167 Å². The highest BCUT2D eigenvalue weighted by atomic mass is 32.1. The molecule has 1 saturated heterocycles. The fourth-order valence-corrected chi connectivity index (χ4v) is 8.63. The Hall–Kier alpha value is -6.50. The van der Waals surface area contributed by atoms with Crippen LogP contribution in [-0.2, 0) is 29.6 Å². The van der Waals surface area contributed by atoms with Gasteiger partial charge in [-0.2, -0.15) is 0 Å². The van der Waals surface area contributed by atoms with Crippen molar-refractivity contribution in [2.24, 2.45) is 5.16 Å². The quantitative estimate of drug-likeness (QED) is 0.0288. The first-order valence-electron chi connectivity index (χ1n) is 18.8. The third-order valence-electron chi connectivity index (χ3n) is 10.4. The number of benzene rings is 5. The summed E-state index contributed by atoms with van der Waals surface area (Å²) in [5, 5.41) is 7.78. The van der Waals surface area contributed by atoms with Crippen molar-refractivity contribution in [3.63, 3.8) is 0 Å². The van der Waals surface area contributed by atoms with Crippen molar-refractivity contribution in [2.45, 2.75) is 43.6 Å². The van der Waals surface area contributed by atoms with E-state index in [0.717, 1.165) is 27.8 Å². The van der Waals surface area contributed by atoms with E-state index in [9.17, 15) is 14.4 Å². The Morgan fingerprint density at radius 2 is 1.31 bits per heavy atom. The van der Waals surface area contributed by atoms with E-state index >= 15 is 0 Å². The van der Waals surface area contributed by atoms with E-state index in [2.05, 4.69) is 28.1 Å². The number of aromatic nitrogens is 1. The van der Waals surface area contributed by atoms with Crippen LogP contribution >= 0.6 is 24.0 Å². The molecule has 1 unspecified atom stereocenters. The Morgan fingerprint density at radius 3 is 1.78 bits per heavy atom. The number of anilines is 1. The lowest BCUT2D eigenvalue weighted by molar-refractivity contribution is -0.158. The summed E-state index contributed by atoms with van der Waals surface area (Å²) in [7, 11) is 0. The number of rotatable bonds is 12. The number of oxime groups is 1. The first kappa shape index (κ1) is 38.4. The maximum Gasteiger partial charge on any atom is 0.356 e. The highest BCUT2D eigenvalue weighted by molar-refractivity contribution is 7.84. The van der Waals surface area contributed by atoms with E-state index in [1.165, 1.54) is 16.2 Å². The van der Waals surface area contributed by atoms with Crippen LogP contribution in [0.1, 0.15) is 57.3 Å². The lowest BCUT2D eigenvalue weighted by atomic mass is 9.80. The molecule has 1 fully saturated rings. The Bertz CT molecular complexity index is 2360. The minimum atomic E-state index is -1.29. The van der Waals surface area contributed by atoms with Gasteiger partial charge in [0.05, 0.1) is 6.04 Å². The number of ether oxygens (including phenoxy) is 1. The lowest BCUT2D eigenvalue weighted by Gasteiger charge is -2.50. The standard InChI is InChI=1S/C46H39N5O5S2/c1-29-37(49-45(47)58-29)39(50-56-46(32-21-11-4-12-22-32,33-23-13-5-14-24-33)34-25-15-6-16-26-34)42(52)48-38-35-27-28-36(57)40(51(35)43(38)53)44(54)55-41(30-17-7-2-8-18-30)31-19-9-3-10-20-31/h2-26,35,38,41,57H,27-28H2,1H3,(H2,47,49)(H,48,52)/t35?,38-/m1/s1. The number of fused-ring (bicyclic) bond motifs is 1. The fraction of sp³-hybridized carbons (Fsp3) is 0.152. The van der Waals surface area contributed by atoms with Crippen molar-refractivity contribution in [1.82, 2.24) is 15.2 Å². The van der Waals surface area contributed by atoms with Gasteiger partial charge in [-0.15, -0.1) is 24.0 Å². The van der Waals surface area contributed by atoms with Crippen molar-refractivity contribution in [3.05, 3.63) is 201 Å². The minimum Gasteiger partial charge on any atom is -0.448 e. The highest BCUT2D eigenvalue weighted by Crippen LogP contribution is 2.42. The molecule has 0 saturated carbocycles. The van der Waals surface area contributed by atoms with E-state index in [4.69, 9.17) is 15.3 Å². The number of nitrogens with two attached hydrogens (primary N) is 1. The van der Waals surface area contributed by atoms with Crippen LogP contribution in [0.2, 0.25) is 0 Å². The molecule has 12 heteroatoms. The molecule has 10 nitrogen and oxygen atoms in total. The third kappa shape index (κ3) is 7.28. The summed E-state index contributed by atoms with van der Waals surface area (Å²) >= 11 is 5.86. The predicted molar refractivity (Wildman–Crippen MR) is 227 cm³/mol. The molecular weight excluding hydrogens is 767 g/mol. The molecule has 5 aromatic carbocycles. The number of hydrogen-bond acceptors (Lipinski definition) is 10. The topological polar surface area (TPSA) is 136 Å². The average Bonchev–Trinajstić information content (AvgIpc) is 3.61. The number of amides is 2. The second-order valence-corrected chi connectivity index (χ2v) is 15.7. The second kappa shape index (κ2) is 16.5. The molecule has 0 aliphatic carbocycles. The number of nitrogen functional groups attached to an aromatic ring is 1. The number of thiazole rings is 1. The van der Waals surface area contributed by atoms with Gasteiger partial charge in [0.25, 0.3) is 11.8 Å². The number of hydrogen-bond donors (Lipinski definition) is 3. The zero-order valence-corrected chi connectivity index (χ0v) is 33.1. The van der Waals surface area contributed by atoms with E-state index in [1.54, 1.807) is 6.92 Å². The molecule has 0 spiro atoms. The summed E-state index contributed by atoms with van der Waals surface area (Å²) in [6.45, 7) is 1.79. The monoisotopic (exact) mass is 805 g/mol. The molecule has 58 heavy (non-hydrogen) atoms. The van der Waals surface area contributed by atoms with Gasteiger partial charge < -0.3 is 20.6 Å². The summed E-state index contributed by atoms with van der Waals surface area (Å²) in [6, 6.07) is 46.2. The Balaban J connectivity index is 1.11. The van der Waals surface area contributed by atoms with E-state index in [-0.39, 0.29) is 22.2 Å². The SMILES string of the molecule is Cc1sc(N)nc1C(=NOC(c1ccccc1)(c1ccccc1)c1ccccc1)C(=O)N[C@H]1C(=O)N2C(C(=O)OC(c3ccccc3)c3ccccc3)=C(S)CCC12. The van der Waals surface area contributed by atoms with Crippen molar-refractivity contribution < 1.29 is 24.0 Å². The van der Waals surface area contributed by atoms with E-state index < -0.39 is 41.6 Å². The summed E-state index contributed by atoms with van der Waals surface area (Å²) in [5.74, 6) is -1.85. The largest absolute Gasteiger partial charge is 0.448 e. The van der Waals surface area contributed by atoms with Gasteiger partial charge in [-0.3, -0.25) is 14.5 Å². The predicted octanol–water partition coefficient (Wildman–Crippen LogP) is 7.71. The minimum absolute atomic E-state index is 0.0608. The zero-order chi connectivity index (χ0) is 40.2. The zero-order valence-electron chi connectivity index (χ0n) is 31.4. The molecule has 0 radical (unpaired) electrons. The number of carbonyl (C=O) groups is 3. The second-order valence-electron chi connectivity index (χ2n) is 13.9. The number of allylic oxidation sites excluding steroid dienone is 1. The smallest absolute Gasteiger partial charge is 0.356 e. The van der Waals surface area contributed by atoms with Gasteiger partial charge in [0.2, 0.25) is 5.60 Å². The maximum atomic E-state index is 14.5. The van der Waals surface area contributed by atoms with Gasteiger partial charge in [-0.25, -0.2) is 9.78 Å². The van der Waals surface area contributed by atoms with E-state index in [0.29, 0.717) is 22.6 Å². The van der Waals surface area contributed by atoms with Gasteiger partial charge in [-0.1, -0.05) is 157 Å². The van der Waals surface area contributed by atoms with Crippen LogP contribution in [-0.4, -0.2) is 45.5 Å². The van der Waals surface area contributed by atoms with Crippen LogP contribution in [0.4, 0.5) is 5.13 Å². The highest BCUT2D eigenvalue weighted by Gasteiger charge is 2.54. The first-order chi connectivity index (χ1) is 28.3. The Kier molecular flexibility index (Phi) is 10.9. The van der Waals surface area contributed by atoms with Crippen LogP contribution in [0, 0.1) is 6.92 Å². The molecule has 2 atom stereocenters. The third-order valence-corrected chi connectivity index (χ3v) is 11.6. The molecule has 2 amide bonds. The Morgan fingerprint density at radius 1 is 0.828 bits per heavy atom. The number of aryl methyl sites for hydroxylation is 1. The van der Waals surface area contributed by atoms with Crippen molar-refractivity contribution in [3.8, 4) is 0 Å². The number of esters is 1. The van der Waals surface area contributed by atoms with Gasteiger partial charge in [-0.05, 0) is 30.9 Å². The number of nitrogens with zero attached hydrogens (tertiary/aromatic N) is 3. The summed E-state index contributed by atoms with van der Waals surface area (Å²) in [4.78, 5) is 56.2. The number of thiol groups is 1. The van der Waals surface area contributed by atoms with Crippen molar-refractivity contribution >= 4 is 52.6 Å². The average molecular weight is 806 g/mol. The molecular formula is C46H39N5O5S2. The first-order valence-corrected chi connectivity index (χ1v) is 20.1. The number of carbonyl (C=O) groups excluding carboxylic acids is 3. The molecule has 3 heterocycles. The number of β-lactam (4-membered cyclic amide) rings is 1. The molecule has 2 aliphatic heterocycles. The number of nitrogens with one attached hydrogen (secondary N) is 1. The van der Waals surface area contributed by atoms with Gasteiger partial charge in [0.1, 0.15) is 17.4 Å². The van der Waals surface area contributed by atoms with Crippen molar-refractivity contribution in [1.29, 1.82) is 0 Å². The maximum absolute atomic E-state index is 14.5. The molecule has 8 rings (SSSR count). The Labute approximate surface area is 345 Å². The van der Waals surface area contributed by atoms with E-state index in [1.807, 2.05) is 152 Å². The molecule has 3 N–H and O–H groups in total. The van der Waals surface area contributed by atoms with Gasteiger partial charge >= 0.3 is 5.97 Å².